The van der Waals surface area contributed by atoms with E-state index in [9.17, 15) is 9.59 Å². The molecular formula is C12H18N4O2. The second-order valence-corrected chi connectivity index (χ2v) is 4.41. The number of hydrogen-bond acceptors (Lipinski definition) is 4. The predicted molar refractivity (Wildman–Crippen MR) is 68.4 cm³/mol. The van der Waals surface area contributed by atoms with Crippen LogP contribution in [0.5, 0.6) is 0 Å². The summed E-state index contributed by atoms with van der Waals surface area (Å²) in [6, 6.07) is 1.38. The number of carbonyl (C=O) groups excluding carboxylic acids is 1. The quantitative estimate of drug-likeness (QED) is 0.819. The van der Waals surface area contributed by atoms with Crippen molar-refractivity contribution >= 4 is 11.7 Å². The minimum absolute atomic E-state index is 0.173. The second kappa shape index (κ2) is 6.18. The summed E-state index contributed by atoms with van der Waals surface area (Å²) in [6.45, 7) is 2.26. The maximum absolute atomic E-state index is 11.9. The first-order valence-electron chi connectivity index (χ1n) is 6.32. The number of nitrogens with one attached hydrogen (secondary N) is 2. The average Bonchev–Trinajstić information content (AvgIpc) is 2.40. The van der Waals surface area contributed by atoms with E-state index in [-0.39, 0.29) is 11.5 Å². The van der Waals surface area contributed by atoms with Gasteiger partial charge in [0.2, 0.25) is 5.91 Å². The lowest BCUT2D eigenvalue weighted by Crippen LogP contribution is -2.36. The van der Waals surface area contributed by atoms with Gasteiger partial charge in [-0.15, -0.1) is 0 Å². The Morgan fingerprint density at radius 3 is 2.89 bits per heavy atom. The normalized spacial score (nSPS) is 15.4. The lowest BCUT2D eigenvalue weighted by Gasteiger charge is -2.26. The maximum atomic E-state index is 11.9. The third-order valence-corrected chi connectivity index (χ3v) is 3.03. The molecule has 1 aromatic heterocycles. The van der Waals surface area contributed by atoms with E-state index in [4.69, 9.17) is 0 Å². The number of hydrogen-bond donors (Lipinski definition) is 2. The van der Waals surface area contributed by atoms with E-state index in [1.807, 2.05) is 4.90 Å². The molecular weight excluding hydrogens is 232 g/mol. The molecule has 6 heteroatoms. The fourth-order valence-corrected chi connectivity index (χ4v) is 2.06. The number of aromatic nitrogens is 2. The molecule has 0 aliphatic carbocycles. The Morgan fingerprint density at radius 2 is 2.17 bits per heavy atom. The molecule has 2 rings (SSSR count). The van der Waals surface area contributed by atoms with Crippen molar-refractivity contribution in [2.24, 2.45) is 0 Å². The number of anilines is 1. The molecule has 1 saturated heterocycles. The Kier molecular flexibility index (Phi) is 4.33. The van der Waals surface area contributed by atoms with Gasteiger partial charge in [-0.1, -0.05) is 0 Å². The van der Waals surface area contributed by atoms with Crippen LogP contribution in [0.4, 0.5) is 5.82 Å². The minimum atomic E-state index is -0.199. The van der Waals surface area contributed by atoms with Gasteiger partial charge in [0.05, 0.1) is 6.33 Å². The molecule has 0 saturated carbocycles. The molecule has 1 fully saturated rings. The molecule has 18 heavy (non-hydrogen) atoms. The summed E-state index contributed by atoms with van der Waals surface area (Å²) in [5, 5.41) is 2.98. The van der Waals surface area contributed by atoms with Crippen molar-refractivity contribution in [2.45, 2.75) is 25.7 Å². The molecule has 98 valence electrons. The highest BCUT2D eigenvalue weighted by Crippen LogP contribution is 2.09. The van der Waals surface area contributed by atoms with E-state index in [2.05, 4.69) is 15.3 Å². The Balaban J connectivity index is 1.74. The lowest BCUT2D eigenvalue weighted by atomic mass is 10.1. The van der Waals surface area contributed by atoms with Gasteiger partial charge in [0, 0.05) is 32.1 Å². The minimum Gasteiger partial charge on any atom is -0.369 e. The van der Waals surface area contributed by atoms with Crippen molar-refractivity contribution in [3.05, 3.63) is 22.7 Å². The summed E-state index contributed by atoms with van der Waals surface area (Å²) in [6.07, 6.45) is 5.22. The summed E-state index contributed by atoms with van der Waals surface area (Å²) in [4.78, 5) is 31.2. The summed E-state index contributed by atoms with van der Waals surface area (Å²) in [5.41, 5.74) is -0.199. The van der Waals surface area contributed by atoms with Gasteiger partial charge in [-0.2, -0.15) is 0 Å². The molecule has 0 spiro atoms. The molecule has 1 aliphatic rings. The number of piperidine rings is 1. The topological polar surface area (TPSA) is 78.1 Å². The van der Waals surface area contributed by atoms with Crippen LogP contribution < -0.4 is 10.9 Å². The van der Waals surface area contributed by atoms with Gasteiger partial charge in [0.25, 0.3) is 5.56 Å². The van der Waals surface area contributed by atoms with Gasteiger partial charge >= 0.3 is 0 Å². The number of nitrogens with zero attached hydrogens (tertiary/aromatic N) is 2. The summed E-state index contributed by atoms with van der Waals surface area (Å²) >= 11 is 0. The van der Waals surface area contributed by atoms with Gasteiger partial charge < -0.3 is 15.2 Å². The highest BCUT2D eigenvalue weighted by Gasteiger charge is 2.15. The van der Waals surface area contributed by atoms with Crippen LogP contribution in [0, 0.1) is 0 Å². The van der Waals surface area contributed by atoms with E-state index in [1.54, 1.807) is 0 Å². The molecule has 0 bridgehead atoms. The van der Waals surface area contributed by atoms with Crippen LogP contribution in [0.15, 0.2) is 17.2 Å². The standard InChI is InChI=1S/C12H18N4O2/c17-11-8-10(14-9-15-11)13-5-4-12(18)16-6-2-1-3-7-16/h8-9H,1-7H2,(H2,13,14,15,17). The number of H-pyrrole nitrogens is 1. The van der Waals surface area contributed by atoms with Crippen LogP contribution in [0.2, 0.25) is 0 Å². The zero-order chi connectivity index (χ0) is 12.8. The molecule has 1 amide bonds. The zero-order valence-corrected chi connectivity index (χ0v) is 10.3. The Hall–Kier alpha value is -1.85. The third kappa shape index (κ3) is 3.58. The summed E-state index contributed by atoms with van der Waals surface area (Å²) in [5.74, 6) is 0.678. The number of amides is 1. The van der Waals surface area contributed by atoms with E-state index in [0.717, 1.165) is 25.9 Å². The largest absolute Gasteiger partial charge is 0.369 e. The van der Waals surface area contributed by atoms with Gasteiger partial charge in [-0.25, -0.2) is 4.98 Å². The molecule has 2 heterocycles. The summed E-state index contributed by atoms with van der Waals surface area (Å²) < 4.78 is 0. The zero-order valence-electron chi connectivity index (χ0n) is 10.3. The van der Waals surface area contributed by atoms with E-state index in [1.165, 1.54) is 18.8 Å². The van der Waals surface area contributed by atoms with Crippen LogP contribution in [0.1, 0.15) is 25.7 Å². The number of rotatable bonds is 4. The van der Waals surface area contributed by atoms with Crippen molar-refractivity contribution in [1.82, 2.24) is 14.9 Å². The lowest BCUT2D eigenvalue weighted by molar-refractivity contribution is -0.131. The molecule has 0 radical (unpaired) electrons. The van der Waals surface area contributed by atoms with Crippen LogP contribution >= 0.6 is 0 Å². The summed E-state index contributed by atoms with van der Waals surface area (Å²) in [7, 11) is 0. The van der Waals surface area contributed by atoms with Crippen molar-refractivity contribution in [2.75, 3.05) is 25.0 Å². The van der Waals surface area contributed by atoms with Crippen LogP contribution in [0.3, 0.4) is 0 Å². The van der Waals surface area contributed by atoms with Crippen LogP contribution in [-0.2, 0) is 4.79 Å². The smallest absolute Gasteiger partial charge is 0.252 e. The fourth-order valence-electron chi connectivity index (χ4n) is 2.06. The van der Waals surface area contributed by atoms with E-state index in [0.29, 0.717) is 18.8 Å². The van der Waals surface area contributed by atoms with E-state index >= 15 is 0 Å². The third-order valence-electron chi connectivity index (χ3n) is 3.03. The van der Waals surface area contributed by atoms with Crippen molar-refractivity contribution < 1.29 is 4.79 Å². The molecule has 0 unspecified atom stereocenters. The first-order chi connectivity index (χ1) is 8.75. The number of carbonyl (C=O) groups is 1. The molecule has 0 aromatic carbocycles. The fraction of sp³-hybridized carbons (Fsp3) is 0.583. The Labute approximate surface area is 105 Å². The predicted octanol–water partition coefficient (Wildman–Crippen LogP) is 0.584. The van der Waals surface area contributed by atoms with Crippen molar-refractivity contribution in [3.63, 3.8) is 0 Å². The maximum Gasteiger partial charge on any atom is 0.252 e. The average molecular weight is 250 g/mol. The Morgan fingerprint density at radius 1 is 1.39 bits per heavy atom. The molecule has 2 N–H and O–H groups in total. The SMILES string of the molecule is O=C(CCNc1cc(=O)[nH]cn1)N1CCCCC1. The van der Waals surface area contributed by atoms with Crippen molar-refractivity contribution in [3.8, 4) is 0 Å². The van der Waals surface area contributed by atoms with E-state index < -0.39 is 0 Å². The van der Waals surface area contributed by atoms with Gasteiger partial charge in [0.1, 0.15) is 5.82 Å². The van der Waals surface area contributed by atoms with Crippen LogP contribution in [0.25, 0.3) is 0 Å². The first-order valence-corrected chi connectivity index (χ1v) is 6.32. The molecule has 0 atom stereocenters. The number of aromatic amines is 1. The van der Waals surface area contributed by atoms with Crippen LogP contribution in [-0.4, -0.2) is 40.4 Å². The monoisotopic (exact) mass is 250 g/mol. The molecule has 1 aliphatic heterocycles. The van der Waals surface area contributed by atoms with Crippen molar-refractivity contribution in [1.29, 1.82) is 0 Å². The highest BCUT2D eigenvalue weighted by atomic mass is 16.2. The second-order valence-electron chi connectivity index (χ2n) is 4.41. The molecule has 1 aromatic rings. The van der Waals surface area contributed by atoms with Gasteiger partial charge in [0.15, 0.2) is 0 Å². The first kappa shape index (κ1) is 12.6. The Bertz CT molecular complexity index is 451. The number of likely N-dealkylation sites (tertiary alicyclic amines) is 1. The van der Waals surface area contributed by atoms with Gasteiger partial charge in [-0.05, 0) is 19.3 Å². The highest BCUT2D eigenvalue weighted by molar-refractivity contribution is 5.76. The van der Waals surface area contributed by atoms with Gasteiger partial charge in [-0.3, -0.25) is 9.59 Å². The molecule has 6 nitrogen and oxygen atoms in total.